The Labute approximate surface area is 119 Å². The molecule has 3 N–H and O–H groups in total. The van der Waals surface area contributed by atoms with Crippen LogP contribution in [0.3, 0.4) is 0 Å². The summed E-state index contributed by atoms with van der Waals surface area (Å²) in [5, 5.41) is 14.9. The van der Waals surface area contributed by atoms with E-state index in [0.29, 0.717) is 6.54 Å². The summed E-state index contributed by atoms with van der Waals surface area (Å²) in [6, 6.07) is 0.507. The number of amides is 2. The molecule has 2 rings (SSSR count). The lowest BCUT2D eigenvalue weighted by molar-refractivity contribution is -0.138. The molecule has 6 nitrogen and oxygen atoms in total. The van der Waals surface area contributed by atoms with Crippen LogP contribution in [0.5, 0.6) is 0 Å². The van der Waals surface area contributed by atoms with Crippen LogP contribution in [0.4, 0.5) is 4.79 Å². The van der Waals surface area contributed by atoms with E-state index in [1.165, 1.54) is 0 Å². The molecule has 0 aromatic heterocycles. The number of carbonyl (C=O) groups excluding carboxylic acids is 1. The van der Waals surface area contributed by atoms with Crippen LogP contribution in [-0.4, -0.2) is 54.2 Å². The third-order valence-corrected chi connectivity index (χ3v) is 4.41. The molecule has 2 saturated heterocycles. The van der Waals surface area contributed by atoms with E-state index >= 15 is 0 Å². The molecule has 2 fully saturated rings. The molecule has 0 aromatic carbocycles. The number of carbonyl (C=O) groups is 2. The Morgan fingerprint density at radius 2 is 1.85 bits per heavy atom. The van der Waals surface area contributed by atoms with E-state index in [9.17, 15) is 9.59 Å². The first kappa shape index (κ1) is 15.1. The fourth-order valence-electron chi connectivity index (χ4n) is 3.59. The van der Waals surface area contributed by atoms with Crippen LogP contribution in [0, 0.1) is 5.92 Å². The van der Waals surface area contributed by atoms with Crippen molar-refractivity contribution in [2.24, 2.45) is 5.92 Å². The van der Waals surface area contributed by atoms with E-state index in [1.807, 2.05) is 11.9 Å². The van der Waals surface area contributed by atoms with Gasteiger partial charge >= 0.3 is 12.0 Å². The van der Waals surface area contributed by atoms with Gasteiger partial charge in [-0.05, 0) is 51.6 Å². The molecule has 0 spiro atoms. The molecule has 2 aliphatic heterocycles. The van der Waals surface area contributed by atoms with Crippen molar-refractivity contribution in [1.82, 2.24) is 15.5 Å². The highest BCUT2D eigenvalue weighted by Crippen LogP contribution is 2.39. The van der Waals surface area contributed by atoms with Crippen molar-refractivity contribution >= 4 is 12.0 Å². The van der Waals surface area contributed by atoms with Crippen molar-refractivity contribution in [3.63, 3.8) is 0 Å². The number of nitrogens with one attached hydrogen (secondary N) is 2. The zero-order valence-corrected chi connectivity index (χ0v) is 12.1. The molecule has 6 heteroatoms. The van der Waals surface area contributed by atoms with Gasteiger partial charge in [-0.15, -0.1) is 0 Å². The summed E-state index contributed by atoms with van der Waals surface area (Å²) in [5.41, 5.74) is 0. The van der Waals surface area contributed by atoms with Gasteiger partial charge < -0.3 is 20.6 Å². The van der Waals surface area contributed by atoms with Crippen molar-refractivity contribution in [3.05, 3.63) is 0 Å². The van der Waals surface area contributed by atoms with Gasteiger partial charge in [0.15, 0.2) is 0 Å². The minimum atomic E-state index is -0.723. The number of piperidine rings is 1. The van der Waals surface area contributed by atoms with Gasteiger partial charge in [-0.1, -0.05) is 0 Å². The van der Waals surface area contributed by atoms with Gasteiger partial charge in [0.1, 0.15) is 0 Å². The number of carboxylic acid groups (broad SMARTS) is 1. The van der Waals surface area contributed by atoms with Crippen molar-refractivity contribution in [1.29, 1.82) is 0 Å². The monoisotopic (exact) mass is 283 g/mol. The predicted octanol–water partition coefficient (Wildman–Crippen LogP) is 1.02. The number of carboxylic acids is 1. The molecule has 20 heavy (non-hydrogen) atoms. The quantitative estimate of drug-likeness (QED) is 0.636. The molecule has 114 valence electrons. The van der Waals surface area contributed by atoms with Crippen molar-refractivity contribution in [3.8, 4) is 0 Å². The van der Waals surface area contributed by atoms with Crippen LogP contribution in [-0.2, 0) is 4.79 Å². The largest absolute Gasteiger partial charge is 0.481 e. The molecular formula is C14H25N3O3. The zero-order chi connectivity index (χ0) is 14.5. The average molecular weight is 283 g/mol. The molecular weight excluding hydrogens is 258 g/mol. The maximum Gasteiger partial charge on any atom is 0.317 e. The van der Waals surface area contributed by atoms with Crippen LogP contribution in [0.25, 0.3) is 0 Å². The Bertz CT molecular complexity index is 348. The first-order valence-electron chi connectivity index (χ1n) is 7.54. The van der Waals surface area contributed by atoms with Crippen LogP contribution >= 0.6 is 0 Å². The highest BCUT2D eigenvalue weighted by molar-refractivity contribution is 5.75. The van der Waals surface area contributed by atoms with Crippen LogP contribution in [0.15, 0.2) is 0 Å². The maximum absolute atomic E-state index is 12.2. The van der Waals surface area contributed by atoms with E-state index in [-0.39, 0.29) is 30.5 Å². The maximum atomic E-state index is 12.2. The van der Waals surface area contributed by atoms with Gasteiger partial charge in [-0.3, -0.25) is 4.79 Å². The Morgan fingerprint density at radius 3 is 2.40 bits per heavy atom. The van der Waals surface area contributed by atoms with Crippen molar-refractivity contribution in [2.45, 2.75) is 50.6 Å². The normalized spacial score (nSPS) is 28.4. The minimum Gasteiger partial charge on any atom is -0.481 e. The summed E-state index contributed by atoms with van der Waals surface area (Å²) in [6.07, 6.45) is 4.88. The van der Waals surface area contributed by atoms with Gasteiger partial charge in [-0.25, -0.2) is 4.79 Å². The molecule has 0 aliphatic carbocycles. The van der Waals surface area contributed by atoms with Gasteiger partial charge in [0, 0.05) is 25.0 Å². The summed E-state index contributed by atoms with van der Waals surface area (Å²) in [4.78, 5) is 25.0. The molecule has 2 aliphatic rings. The molecule has 0 saturated carbocycles. The summed E-state index contributed by atoms with van der Waals surface area (Å²) in [7, 11) is 1.90. The topological polar surface area (TPSA) is 81.7 Å². The number of hydrogen-bond acceptors (Lipinski definition) is 3. The van der Waals surface area contributed by atoms with Gasteiger partial charge in [0.25, 0.3) is 0 Å². The lowest BCUT2D eigenvalue weighted by Crippen LogP contribution is -2.51. The fourth-order valence-corrected chi connectivity index (χ4v) is 3.59. The number of hydrogen-bond donors (Lipinski definition) is 3. The van der Waals surface area contributed by atoms with Crippen LogP contribution < -0.4 is 10.6 Å². The van der Waals surface area contributed by atoms with Gasteiger partial charge in [0.2, 0.25) is 0 Å². The van der Waals surface area contributed by atoms with Crippen molar-refractivity contribution in [2.75, 3.05) is 20.1 Å². The summed E-state index contributed by atoms with van der Waals surface area (Å²) >= 11 is 0. The third-order valence-electron chi connectivity index (χ3n) is 4.41. The lowest BCUT2D eigenvalue weighted by Gasteiger charge is -2.38. The van der Waals surface area contributed by atoms with Crippen molar-refractivity contribution < 1.29 is 14.7 Å². The second kappa shape index (κ2) is 6.92. The summed E-state index contributed by atoms with van der Waals surface area (Å²) < 4.78 is 0. The molecule has 2 heterocycles. The first-order valence-corrected chi connectivity index (χ1v) is 7.54. The zero-order valence-electron chi connectivity index (χ0n) is 12.1. The molecule has 0 aromatic rings. The van der Waals surface area contributed by atoms with E-state index in [1.54, 1.807) is 0 Å². The smallest absolute Gasteiger partial charge is 0.317 e. The number of nitrogens with zero attached hydrogens (tertiary/aromatic N) is 1. The highest BCUT2D eigenvalue weighted by atomic mass is 16.4. The number of urea groups is 1. The Kier molecular flexibility index (Phi) is 5.23. The molecule has 2 unspecified atom stereocenters. The Balaban J connectivity index is 1.82. The second-order valence-electron chi connectivity index (χ2n) is 5.92. The fraction of sp³-hybridized carbons (Fsp3) is 0.857. The third kappa shape index (κ3) is 3.62. The van der Waals surface area contributed by atoms with E-state index in [0.717, 1.165) is 38.6 Å². The number of fused-ring (bicyclic) bond motifs is 2. The van der Waals surface area contributed by atoms with E-state index < -0.39 is 5.97 Å². The van der Waals surface area contributed by atoms with Crippen LogP contribution in [0.1, 0.15) is 38.5 Å². The highest BCUT2D eigenvalue weighted by Gasteiger charge is 2.43. The summed E-state index contributed by atoms with van der Waals surface area (Å²) in [6.45, 7) is 1.59. The van der Waals surface area contributed by atoms with E-state index in [2.05, 4.69) is 10.6 Å². The molecule has 2 bridgehead atoms. The molecule has 2 amide bonds. The first-order chi connectivity index (χ1) is 9.61. The standard InChI is InChI=1S/C14H25N3O3/c1-15-5-2-6-16-14(20)17-11-3-4-12(17)8-10(7-11)9-13(18)19/h10-12,15H,2-9H2,1H3,(H,16,20)(H,18,19). The minimum absolute atomic E-state index is 0.0300. The number of aliphatic carboxylic acids is 1. The number of rotatable bonds is 6. The predicted molar refractivity (Wildman–Crippen MR) is 75.6 cm³/mol. The van der Waals surface area contributed by atoms with Gasteiger partial charge in [0.05, 0.1) is 0 Å². The molecule has 2 atom stereocenters. The Morgan fingerprint density at radius 1 is 1.20 bits per heavy atom. The Hall–Kier alpha value is -1.30. The molecule has 0 radical (unpaired) electrons. The van der Waals surface area contributed by atoms with E-state index in [4.69, 9.17) is 5.11 Å². The van der Waals surface area contributed by atoms with Gasteiger partial charge in [-0.2, -0.15) is 0 Å². The summed E-state index contributed by atoms with van der Waals surface area (Å²) in [5.74, 6) is -0.488. The average Bonchev–Trinajstić information content (AvgIpc) is 2.66. The van der Waals surface area contributed by atoms with Crippen LogP contribution in [0.2, 0.25) is 0 Å². The lowest BCUT2D eigenvalue weighted by atomic mass is 9.88. The second-order valence-corrected chi connectivity index (χ2v) is 5.92. The SMILES string of the molecule is CNCCCNC(=O)N1C2CCC1CC(CC(=O)O)C2.